The first-order chi connectivity index (χ1) is 8.86. The number of carbonyl (C=O) groups excluding carboxylic acids is 1. The summed E-state index contributed by atoms with van der Waals surface area (Å²) in [6.45, 7) is 1.75. The lowest BCUT2D eigenvalue weighted by atomic mass is 10.1. The predicted octanol–water partition coefficient (Wildman–Crippen LogP) is 2.80. The fourth-order valence-corrected chi connectivity index (χ4v) is 1.98. The van der Waals surface area contributed by atoms with Crippen molar-refractivity contribution in [3.05, 3.63) is 32.0 Å². The highest BCUT2D eigenvalue weighted by atomic mass is 79.9. The first kappa shape index (κ1) is 15.4. The van der Waals surface area contributed by atoms with Crippen molar-refractivity contribution in [2.75, 3.05) is 6.61 Å². The van der Waals surface area contributed by atoms with E-state index in [2.05, 4.69) is 25.7 Å². The Balaban J connectivity index is 3.17. The first-order valence-corrected chi connectivity index (χ1v) is 5.93. The number of hydrogen-bond donors (Lipinski definition) is 0. The Morgan fingerprint density at radius 2 is 2.26 bits per heavy atom. The molecule has 9 heteroatoms. The van der Waals surface area contributed by atoms with Gasteiger partial charge in [0.25, 0.3) is 6.43 Å². The number of ether oxygens (including phenoxy) is 1. The van der Waals surface area contributed by atoms with Crippen LogP contribution in [0.3, 0.4) is 0 Å². The minimum absolute atomic E-state index is 0.0220. The lowest BCUT2D eigenvalue weighted by molar-refractivity contribution is -0.387. The summed E-state index contributed by atoms with van der Waals surface area (Å²) in [5.74, 6) is -0.643. The molecular weight excluding hydrogens is 330 g/mol. The molecule has 0 radical (unpaired) electrons. The van der Waals surface area contributed by atoms with Crippen LogP contribution in [-0.4, -0.2) is 22.5 Å². The van der Waals surface area contributed by atoms with Crippen molar-refractivity contribution in [2.24, 2.45) is 0 Å². The van der Waals surface area contributed by atoms with Crippen LogP contribution in [-0.2, 0) is 16.0 Å². The molecule has 19 heavy (non-hydrogen) atoms. The van der Waals surface area contributed by atoms with Crippen molar-refractivity contribution in [1.29, 1.82) is 0 Å². The number of alkyl halides is 2. The van der Waals surface area contributed by atoms with Crippen molar-refractivity contribution in [2.45, 2.75) is 19.8 Å². The maximum atomic E-state index is 12.8. The van der Waals surface area contributed by atoms with E-state index in [-0.39, 0.29) is 23.3 Å². The number of esters is 1. The molecule has 104 valence electrons. The van der Waals surface area contributed by atoms with Crippen LogP contribution in [0.1, 0.15) is 24.6 Å². The van der Waals surface area contributed by atoms with Gasteiger partial charge in [-0.2, -0.15) is 0 Å². The molecule has 0 aromatic carbocycles. The summed E-state index contributed by atoms with van der Waals surface area (Å²) in [6.07, 6.45) is -3.37. The maximum absolute atomic E-state index is 12.8. The molecule has 0 aliphatic rings. The van der Waals surface area contributed by atoms with Crippen LogP contribution in [0.25, 0.3) is 0 Å². The molecule has 0 N–H and O–H groups in total. The van der Waals surface area contributed by atoms with Gasteiger partial charge in [0.2, 0.25) is 0 Å². The first-order valence-electron chi connectivity index (χ1n) is 5.14. The second-order valence-corrected chi connectivity index (χ2v) is 4.13. The fourth-order valence-electron chi connectivity index (χ4n) is 1.38. The Bertz CT molecular complexity index is 511. The smallest absolute Gasteiger partial charge is 0.311 e. The highest BCUT2D eigenvalue weighted by Gasteiger charge is 2.27. The second-order valence-electron chi connectivity index (χ2n) is 3.38. The lowest BCUT2D eigenvalue weighted by Gasteiger charge is -2.07. The van der Waals surface area contributed by atoms with E-state index >= 15 is 0 Å². The van der Waals surface area contributed by atoms with Crippen molar-refractivity contribution in [1.82, 2.24) is 4.98 Å². The Kier molecular flexibility index (Phi) is 5.28. The molecule has 0 unspecified atom stereocenters. The lowest BCUT2D eigenvalue weighted by Crippen LogP contribution is -2.10. The van der Waals surface area contributed by atoms with Crippen LogP contribution >= 0.6 is 15.9 Å². The van der Waals surface area contributed by atoms with E-state index < -0.39 is 28.6 Å². The molecule has 1 heterocycles. The zero-order valence-electron chi connectivity index (χ0n) is 9.73. The minimum Gasteiger partial charge on any atom is -0.466 e. The molecule has 0 atom stereocenters. The van der Waals surface area contributed by atoms with Crippen LogP contribution < -0.4 is 0 Å². The third-order valence-corrected chi connectivity index (χ3v) is 2.63. The zero-order valence-corrected chi connectivity index (χ0v) is 11.3. The second kappa shape index (κ2) is 6.50. The number of pyridine rings is 1. The van der Waals surface area contributed by atoms with Gasteiger partial charge in [-0.05, 0) is 28.9 Å². The van der Waals surface area contributed by atoms with Crippen LogP contribution in [0, 0.1) is 10.1 Å². The van der Waals surface area contributed by atoms with Crippen molar-refractivity contribution >= 4 is 27.6 Å². The maximum Gasteiger partial charge on any atom is 0.311 e. The molecule has 0 spiro atoms. The number of hydrogen-bond acceptors (Lipinski definition) is 5. The Morgan fingerprint density at radius 3 is 2.74 bits per heavy atom. The number of nitrogens with zero attached hydrogens (tertiary/aromatic N) is 2. The zero-order chi connectivity index (χ0) is 14.6. The van der Waals surface area contributed by atoms with Gasteiger partial charge < -0.3 is 4.74 Å². The summed E-state index contributed by atoms with van der Waals surface area (Å²) in [5, 5.41) is 10.7. The van der Waals surface area contributed by atoms with E-state index in [0.717, 1.165) is 6.07 Å². The topological polar surface area (TPSA) is 82.3 Å². The van der Waals surface area contributed by atoms with Gasteiger partial charge in [-0.3, -0.25) is 14.9 Å². The molecule has 6 nitrogen and oxygen atoms in total. The monoisotopic (exact) mass is 338 g/mol. The number of rotatable bonds is 5. The summed E-state index contributed by atoms with van der Waals surface area (Å²) < 4.78 is 29.8. The van der Waals surface area contributed by atoms with Crippen molar-refractivity contribution < 1.29 is 23.2 Å². The molecule has 0 saturated heterocycles. The normalized spacial score (nSPS) is 10.6. The van der Waals surface area contributed by atoms with Crippen LogP contribution in [0.2, 0.25) is 0 Å². The average molecular weight is 339 g/mol. The average Bonchev–Trinajstić information content (AvgIpc) is 2.27. The Labute approximate surface area is 115 Å². The van der Waals surface area contributed by atoms with Gasteiger partial charge in [-0.25, -0.2) is 13.8 Å². The number of carbonyl (C=O) groups is 1. The largest absolute Gasteiger partial charge is 0.466 e. The van der Waals surface area contributed by atoms with E-state index in [0.29, 0.717) is 0 Å². The van der Waals surface area contributed by atoms with Gasteiger partial charge in [0.15, 0.2) is 4.60 Å². The molecular formula is C10H9BrF2N2O4. The Morgan fingerprint density at radius 1 is 1.63 bits per heavy atom. The van der Waals surface area contributed by atoms with Crippen molar-refractivity contribution in [3.8, 4) is 0 Å². The van der Waals surface area contributed by atoms with E-state index in [4.69, 9.17) is 0 Å². The van der Waals surface area contributed by atoms with E-state index in [1.807, 2.05) is 0 Å². The summed E-state index contributed by atoms with van der Waals surface area (Å²) in [4.78, 5) is 24.7. The molecule has 1 aromatic heterocycles. The Hall–Kier alpha value is -1.64. The van der Waals surface area contributed by atoms with Gasteiger partial charge in [0, 0.05) is 0 Å². The summed E-state index contributed by atoms with van der Waals surface area (Å²) in [7, 11) is 0. The SMILES string of the molecule is CCOC(=O)Cc1cc(C(F)F)c([N+](=O)[O-])c(Br)n1. The molecule has 0 bridgehead atoms. The number of halogens is 3. The summed E-state index contributed by atoms with van der Waals surface area (Å²) >= 11 is 2.76. The molecule has 0 saturated carbocycles. The predicted molar refractivity (Wildman–Crippen MR) is 63.9 cm³/mol. The fraction of sp³-hybridized carbons (Fsp3) is 0.400. The quantitative estimate of drug-likeness (QED) is 0.357. The molecule has 0 fully saturated rings. The third-order valence-electron chi connectivity index (χ3n) is 2.08. The van der Waals surface area contributed by atoms with Gasteiger partial charge in [0.1, 0.15) is 5.56 Å². The van der Waals surface area contributed by atoms with E-state index in [9.17, 15) is 23.7 Å². The number of nitro groups is 1. The van der Waals surface area contributed by atoms with Gasteiger partial charge in [0.05, 0.1) is 23.6 Å². The molecule has 1 rings (SSSR count). The number of aromatic nitrogens is 1. The van der Waals surface area contributed by atoms with E-state index in [1.54, 1.807) is 6.92 Å². The van der Waals surface area contributed by atoms with Crippen molar-refractivity contribution in [3.63, 3.8) is 0 Å². The van der Waals surface area contributed by atoms with Crippen LogP contribution in [0.15, 0.2) is 10.7 Å². The minimum atomic E-state index is -3.04. The van der Waals surface area contributed by atoms with Crippen LogP contribution in [0.4, 0.5) is 14.5 Å². The van der Waals surface area contributed by atoms with Gasteiger partial charge in [-0.1, -0.05) is 0 Å². The van der Waals surface area contributed by atoms with Gasteiger partial charge in [-0.15, -0.1) is 0 Å². The highest BCUT2D eigenvalue weighted by Crippen LogP contribution is 2.34. The standard InChI is InChI=1S/C10H9BrF2N2O4/c1-2-19-7(16)4-5-3-6(10(12)13)8(15(17)18)9(11)14-5/h3,10H,2,4H2,1H3. The highest BCUT2D eigenvalue weighted by molar-refractivity contribution is 9.10. The molecule has 0 amide bonds. The third kappa shape index (κ3) is 3.91. The van der Waals surface area contributed by atoms with E-state index in [1.165, 1.54) is 0 Å². The van der Waals surface area contributed by atoms with Gasteiger partial charge >= 0.3 is 11.7 Å². The molecule has 1 aromatic rings. The molecule has 0 aliphatic carbocycles. The summed E-state index contributed by atoms with van der Waals surface area (Å²) in [6, 6.07) is 0.838. The molecule has 0 aliphatic heterocycles. The van der Waals surface area contributed by atoms with Crippen LogP contribution in [0.5, 0.6) is 0 Å². The summed E-state index contributed by atoms with van der Waals surface area (Å²) in [5.41, 5.74) is -1.61.